The Bertz CT molecular complexity index is 1360. The molecule has 0 fully saturated rings. The Balaban J connectivity index is 1.46. The number of esters is 3. The van der Waals surface area contributed by atoms with E-state index in [4.69, 9.17) is 14.2 Å². The highest BCUT2D eigenvalue weighted by atomic mass is 16.6. The molecule has 0 unspecified atom stereocenters. The van der Waals surface area contributed by atoms with Crippen molar-refractivity contribution in [1.29, 1.82) is 0 Å². The summed E-state index contributed by atoms with van der Waals surface area (Å²) in [4.78, 5) is 49.8. The summed E-state index contributed by atoms with van der Waals surface area (Å²) in [5.41, 5.74) is 3.17. The minimum absolute atomic E-state index is 0.169. The van der Waals surface area contributed by atoms with Crippen LogP contribution in [0.4, 0.5) is 0 Å². The summed E-state index contributed by atoms with van der Waals surface area (Å²) in [6.07, 6.45) is 10.4. The number of carbonyl (C=O) groups excluding carboxylic acids is 4. The third kappa shape index (κ3) is 12.0. The van der Waals surface area contributed by atoms with E-state index in [1.54, 1.807) is 12.1 Å². The van der Waals surface area contributed by atoms with Gasteiger partial charge in [-0.2, -0.15) is 0 Å². The number of unbranched alkanes of at least 4 members (excludes halogenated alkanes) is 8. The molecule has 45 heavy (non-hydrogen) atoms. The van der Waals surface area contributed by atoms with Gasteiger partial charge in [0.15, 0.2) is 11.9 Å². The van der Waals surface area contributed by atoms with E-state index in [9.17, 15) is 19.2 Å². The van der Waals surface area contributed by atoms with Gasteiger partial charge in [-0.3, -0.25) is 4.79 Å². The van der Waals surface area contributed by atoms with Crippen molar-refractivity contribution in [3.05, 3.63) is 89.5 Å². The van der Waals surface area contributed by atoms with Crippen LogP contribution < -0.4 is 4.74 Å². The van der Waals surface area contributed by atoms with Gasteiger partial charge in [-0.1, -0.05) is 102 Å². The molecule has 0 saturated heterocycles. The van der Waals surface area contributed by atoms with Crippen LogP contribution in [-0.2, 0) is 14.3 Å². The van der Waals surface area contributed by atoms with Crippen molar-refractivity contribution in [3.63, 3.8) is 0 Å². The summed E-state index contributed by atoms with van der Waals surface area (Å²) in [5, 5.41) is 0. The number of carbonyl (C=O) groups is 4. The largest absolute Gasteiger partial charge is 0.463 e. The molecule has 0 aliphatic rings. The van der Waals surface area contributed by atoms with Gasteiger partial charge in [-0.15, -0.1) is 0 Å². The first-order chi connectivity index (χ1) is 21.8. The molecule has 1 atom stereocenters. The molecule has 3 aromatic carbocycles. The summed E-state index contributed by atoms with van der Waals surface area (Å²) in [5.74, 6) is -1.36. The lowest BCUT2D eigenvalue weighted by Crippen LogP contribution is -2.26. The fourth-order valence-corrected chi connectivity index (χ4v) is 4.78. The molecule has 240 valence electrons. The Morgan fingerprint density at radius 1 is 0.578 bits per heavy atom. The highest BCUT2D eigenvalue weighted by molar-refractivity contribution is 5.96. The minimum atomic E-state index is -1.03. The highest BCUT2D eigenvalue weighted by Gasteiger charge is 2.20. The Morgan fingerprint density at radius 3 is 1.67 bits per heavy atom. The molecule has 0 radical (unpaired) electrons. The molecular formula is C38H46O7. The van der Waals surface area contributed by atoms with E-state index < -0.39 is 24.0 Å². The minimum Gasteiger partial charge on any atom is -0.463 e. The molecule has 0 amide bonds. The van der Waals surface area contributed by atoms with Crippen LogP contribution in [0.25, 0.3) is 11.1 Å². The molecule has 7 nitrogen and oxygen atoms in total. The Labute approximate surface area is 267 Å². The van der Waals surface area contributed by atoms with Crippen molar-refractivity contribution < 1.29 is 33.4 Å². The highest BCUT2D eigenvalue weighted by Crippen LogP contribution is 2.23. The van der Waals surface area contributed by atoms with Crippen molar-refractivity contribution in [3.8, 4) is 16.9 Å². The molecule has 3 aromatic rings. The standard InChI is InChI=1S/C38H46O7/c1-4-6-8-10-11-12-14-35(39)31-19-15-29(16-20-31)30-17-21-32(22-18-30)38(42)45-34-25-23-33(24-26-34)37(41)44-28(3)36(40)43-27-13-9-7-5-2/h15-26,28H,4-14,27H2,1-3H3/t28-/m0/s1. The zero-order valence-corrected chi connectivity index (χ0v) is 26.8. The molecule has 0 bridgehead atoms. The molecule has 0 aromatic heterocycles. The number of hydrogen-bond acceptors (Lipinski definition) is 7. The topological polar surface area (TPSA) is 96.0 Å². The van der Waals surface area contributed by atoms with E-state index in [-0.39, 0.29) is 17.1 Å². The number of benzene rings is 3. The second kappa shape index (κ2) is 19.2. The maximum atomic E-state index is 12.7. The summed E-state index contributed by atoms with van der Waals surface area (Å²) in [7, 11) is 0. The smallest absolute Gasteiger partial charge is 0.347 e. The summed E-state index contributed by atoms with van der Waals surface area (Å²) >= 11 is 0. The van der Waals surface area contributed by atoms with Gasteiger partial charge in [0.1, 0.15) is 5.75 Å². The van der Waals surface area contributed by atoms with E-state index in [2.05, 4.69) is 13.8 Å². The van der Waals surface area contributed by atoms with Gasteiger partial charge in [-0.25, -0.2) is 14.4 Å². The molecule has 0 saturated carbocycles. The Hall–Kier alpha value is -4.26. The number of Topliss-reactive ketones (excluding diaryl/α,β-unsaturated/α-hetero) is 1. The first-order valence-electron chi connectivity index (χ1n) is 16.3. The third-order valence-corrected chi connectivity index (χ3v) is 7.58. The normalized spacial score (nSPS) is 11.4. The lowest BCUT2D eigenvalue weighted by molar-refractivity contribution is -0.153. The first kappa shape index (κ1) is 35.2. The maximum absolute atomic E-state index is 12.7. The van der Waals surface area contributed by atoms with Crippen LogP contribution >= 0.6 is 0 Å². The third-order valence-electron chi connectivity index (χ3n) is 7.58. The van der Waals surface area contributed by atoms with E-state index in [0.717, 1.165) is 55.2 Å². The predicted molar refractivity (Wildman–Crippen MR) is 176 cm³/mol. The molecule has 0 heterocycles. The van der Waals surface area contributed by atoms with Crippen LogP contribution in [-0.4, -0.2) is 36.4 Å². The van der Waals surface area contributed by atoms with Crippen molar-refractivity contribution in [2.75, 3.05) is 6.61 Å². The first-order valence-corrected chi connectivity index (χ1v) is 16.3. The van der Waals surface area contributed by atoms with E-state index in [0.29, 0.717) is 18.6 Å². The number of ketones is 1. The van der Waals surface area contributed by atoms with Gasteiger partial charge in [0.05, 0.1) is 17.7 Å². The molecule has 0 spiro atoms. The zero-order chi connectivity index (χ0) is 32.4. The van der Waals surface area contributed by atoms with Crippen LogP contribution in [0.2, 0.25) is 0 Å². The second-order valence-corrected chi connectivity index (χ2v) is 11.3. The lowest BCUT2D eigenvalue weighted by atomic mass is 9.99. The molecule has 0 aliphatic heterocycles. The van der Waals surface area contributed by atoms with Crippen LogP contribution in [0.15, 0.2) is 72.8 Å². The molecule has 3 rings (SSSR count). The van der Waals surface area contributed by atoms with Crippen molar-refractivity contribution >= 4 is 23.7 Å². The van der Waals surface area contributed by atoms with Crippen LogP contribution in [0, 0.1) is 0 Å². The van der Waals surface area contributed by atoms with Gasteiger partial charge in [0.25, 0.3) is 0 Å². The molecular weight excluding hydrogens is 568 g/mol. The molecule has 7 heteroatoms. The fraction of sp³-hybridized carbons (Fsp3) is 0.421. The number of hydrogen-bond donors (Lipinski definition) is 0. The van der Waals surface area contributed by atoms with Gasteiger partial charge >= 0.3 is 17.9 Å². The second-order valence-electron chi connectivity index (χ2n) is 11.3. The van der Waals surface area contributed by atoms with Crippen LogP contribution in [0.1, 0.15) is 122 Å². The summed E-state index contributed by atoms with van der Waals surface area (Å²) in [6.45, 7) is 6.08. The van der Waals surface area contributed by atoms with E-state index in [1.807, 2.05) is 36.4 Å². The maximum Gasteiger partial charge on any atom is 0.347 e. The summed E-state index contributed by atoms with van der Waals surface area (Å²) in [6, 6.07) is 20.5. The van der Waals surface area contributed by atoms with Crippen molar-refractivity contribution in [1.82, 2.24) is 0 Å². The number of ether oxygens (including phenoxy) is 3. The van der Waals surface area contributed by atoms with E-state index in [1.165, 1.54) is 56.9 Å². The van der Waals surface area contributed by atoms with Gasteiger partial charge in [0, 0.05) is 12.0 Å². The number of rotatable bonds is 19. The van der Waals surface area contributed by atoms with Gasteiger partial charge in [0.2, 0.25) is 0 Å². The lowest BCUT2D eigenvalue weighted by Gasteiger charge is -2.13. The van der Waals surface area contributed by atoms with Crippen molar-refractivity contribution in [2.45, 2.75) is 97.5 Å². The average molecular weight is 615 g/mol. The van der Waals surface area contributed by atoms with Gasteiger partial charge in [-0.05, 0) is 67.3 Å². The molecule has 0 aliphatic carbocycles. The Kier molecular flexibility index (Phi) is 15.0. The van der Waals surface area contributed by atoms with Gasteiger partial charge < -0.3 is 14.2 Å². The zero-order valence-electron chi connectivity index (χ0n) is 26.8. The SMILES string of the molecule is CCCCCCCCC(=O)c1ccc(-c2ccc(C(=O)Oc3ccc(C(=O)O[C@@H](C)C(=O)OCCCCCC)cc3)cc2)cc1. The quantitative estimate of drug-likeness (QED) is 0.0575. The van der Waals surface area contributed by atoms with E-state index >= 15 is 0 Å². The Morgan fingerprint density at radius 2 is 1.07 bits per heavy atom. The fourth-order valence-electron chi connectivity index (χ4n) is 4.78. The van der Waals surface area contributed by atoms with Crippen LogP contribution in [0.3, 0.4) is 0 Å². The summed E-state index contributed by atoms with van der Waals surface area (Å²) < 4.78 is 15.9. The van der Waals surface area contributed by atoms with Crippen molar-refractivity contribution in [2.24, 2.45) is 0 Å². The van der Waals surface area contributed by atoms with Crippen LogP contribution in [0.5, 0.6) is 5.75 Å². The monoisotopic (exact) mass is 614 g/mol. The predicted octanol–water partition coefficient (Wildman–Crippen LogP) is 9.17. The average Bonchev–Trinajstić information content (AvgIpc) is 3.06. The molecule has 0 N–H and O–H groups in total.